The zero-order valence-electron chi connectivity index (χ0n) is 10.1. The zero-order valence-corrected chi connectivity index (χ0v) is 13.0. The third kappa shape index (κ3) is 3.55. The van der Waals surface area contributed by atoms with Gasteiger partial charge in [0.15, 0.2) is 0 Å². The topological polar surface area (TPSA) is 0 Å². The molecule has 0 saturated heterocycles. The number of hydrogen-bond donors (Lipinski definition) is 0. The molecule has 0 bridgehead atoms. The second-order valence-electron chi connectivity index (χ2n) is 4.07. The van der Waals surface area contributed by atoms with Gasteiger partial charge < -0.3 is 0 Å². The number of alkyl halides is 3. The molecule has 2 aromatic rings. The van der Waals surface area contributed by atoms with Gasteiger partial charge in [0.2, 0.25) is 0 Å². The van der Waals surface area contributed by atoms with E-state index in [0.29, 0.717) is 5.56 Å². The van der Waals surface area contributed by atoms with E-state index in [9.17, 15) is 13.2 Å². The summed E-state index contributed by atoms with van der Waals surface area (Å²) in [5.41, 5.74) is 2.29. The molecule has 5 heteroatoms. The predicted octanol–water partition coefficient (Wildman–Crippen LogP) is 6.26. The van der Waals surface area contributed by atoms with Crippen molar-refractivity contribution in [3.05, 3.63) is 63.7 Å². The molecule has 0 aliphatic rings. The fourth-order valence-corrected chi connectivity index (χ4v) is 2.24. The van der Waals surface area contributed by atoms with Crippen molar-refractivity contribution in [3.63, 3.8) is 0 Å². The minimum atomic E-state index is -4.42. The second kappa shape index (κ2) is 6.18. The van der Waals surface area contributed by atoms with Crippen LogP contribution < -0.4 is 0 Å². The minimum Gasteiger partial charge on any atom is -0.166 e. The summed E-state index contributed by atoms with van der Waals surface area (Å²) < 4.78 is 36.9. The predicted molar refractivity (Wildman–Crippen MR) is 84.7 cm³/mol. The first-order chi connectivity index (χ1) is 9.39. The standard InChI is InChI=1S/C15H9ClF3I/c16-13(14(20)15(17,18)19)12-8-6-11(7-9-12)10-4-2-1-3-5-10/h1-9H/b14-13-. The molecule has 0 fully saturated rings. The summed E-state index contributed by atoms with van der Waals surface area (Å²) in [5.74, 6) is 0. The van der Waals surface area contributed by atoms with E-state index in [0.717, 1.165) is 11.1 Å². The number of allylic oxidation sites excluding steroid dienone is 1. The van der Waals surface area contributed by atoms with Crippen LogP contribution in [0, 0.1) is 0 Å². The van der Waals surface area contributed by atoms with Crippen molar-refractivity contribution in [2.45, 2.75) is 6.18 Å². The van der Waals surface area contributed by atoms with Crippen LogP contribution >= 0.6 is 34.2 Å². The molecule has 0 N–H and O–H groups in total. The lowest BCUT2D eigenvalue weighted by Crippen LogP contribution is -2.07. The highest BCUT2D eigenvalue weighted by molar-refractivity contribution is 14.1. The Kier molecular flexibility index (Phi) is 4.75. The van der Waals surface area contributed by atoms with Gasteiger partial charge in [0.25, 0.3) is 0 Å². The van der Waals surface area contributed by atoms with Crippen LogP contribution in [0.15, 0.2) is 58.2 Å². The van der Waals surface area contributed by atoms with Gasteiger partial charge in [0.1, 0.15) is 3.58 Å². The minimum absolute atomic E-state index is 0.280. The van der Waals surface area contributed by atoms with Gasteiger partial charge in [0.05, 0.1) is 5.03 Å². The summed E-state index contributed by atoms with van der Waals surface area (Å²) in [6.07, 6.45) is -4.42. The highest BCUT2D eigenvalue weighted by Crippen LogP contribution is 2.39. The van der Waals surface area contributed by atoms with Gasteiger partial charge in [-0.3, -0.25) is 0 Å². The summed E-state index contributed by atoms with van der Waals surface area (Å²) >= 11 is 7.01. The van der Waals surface area contributed by atoms with Gasteiger partial charge in [-0.2, -0.15) is 13.2 Å². The van der Waals surface area contributed by atoms with E-state index < -0.39 is 9.76 Å². The van der Waals surface area contributed by atoms with Gasteiger partial charge in [-0.05, 0) is 39.3 Å². The van der Waals surface area contributed by atoms with Crippen molar-refractivity contribution < 1.29 is 13.2 Å². The average Bonchev–Trinajstić information content (AvgIpc) is 2.46. The maximum atomic E-state index is 12.6. The molecule has 0 nitrogen and oxygen atoms in total. The molecule has 20 heavy (non-hydrogen) atoms. The van der Waals surface area contributed by atoms with Crippen molar-refractivity contribution in [1.29, 1.82) is 0 Å². The molecule has 2 rings (SSSR count). The quantitative estimate of drug-likeness (QED) is 0.515. The lowest BCUT2D eigenvalue weighted by molar-refractivity contribution is -0.0810. The molecule has 0 atom stereocenters. The molecule has 0 heterocycles. The van der Waals surface area contributed by atoms with E-state index in [-0.39, 0.29) is 5.03 Å². The summed E-state index contributed by atoms with van der Waals surface area (Å²) in [6, 6.07) is 16.3. The molecule has 2 aromatic carbocycles. The molecule has 0 aliphatic heterocycles. The van der Waals surface area contributed by atoms with Crippen LogP contribution in [-0.4, -0.2) is 6.18 Å². The fourth-order valence-electron chi connectivity index (χ4n) is 1.69. The van der Waals surface area contributed by atoms with Crippen molar-refractivity contribution in [2.75, 3.05) is 0 Å². The Morgan fingerprint density at radius 1 is 0.850 bits per heavy atom. The first-order valence-electron chi connectivity index (χ1n) is 5.68. The number of halogens is 5. The summed E-state index contributed by atoms with van der Waals surface area (Å²) in [7, 11) is 0. The molecule has 104 valence electrons. The first kappa shape index (κ1) is 15.4. The van der Waals surface area contributed by atoms with Gasteiger partial charge in [0, 0.05) is 0 Å². The molecule has 0 radical (unpaired) electrons. The number of hydrogen-bond acceptors (Lipinski definition) is 0. The van der Waals surface area contributed by atoms with Crippen LogP contribution in [-0.2, 0) is 0 Å². The fraction of sp³-hybridized carbons (Fsp3) is 0.0667. The lowest BCUT2D eigenvalue weighted by Gasteiger charge is -2.09. The third-order valence-electron chi connectivity index (χ3n) is 2.69. The van der Waals surface area contributed by atoms with Crippen LogP contribution in [0.1, 0.15) is 5.56 Å². The highest BCUT2D eigenvalue weighted by atomic mass is 127. The van der Waals surface area contributed by atoms with E-state index in [1.807, 2.05) is 30.3 Å². The molecule has 0 aliphatic carbocycles. The Hall–Kier alpha value is -1.01. The molecule has 0 unspecified atom stereocenters. The van der Waals surface area contributed by atoms with Crippen LogP contribution in [0.3, 0.4) is 0 Å². The Bertz CT molecular complexity index is 616. The summed E-state index contributed by atoms with van der Waals surface area (Å²) in [5, 5.41) is -0.280. The summed E-state index contributed by atoms with van der Waals surface area (Å²) in [4.78, 5) is 0. The Morgan fingerprint density at radius 2 is 1.35 bits per heavy atom. The van der Waals surface area contributed by atoms with Crippen molar-refractivity contribution >= 4 is 39.2 Å². The van der Waals surface area contributed by atoms with Crippen molar-refractivity contribution in [1.82, 2.24) is 0 Å². The van der Waals surface area contributed by atoms with Crippen LogP contribution in [0.5, 0.6) is 0 Å². The molecular formula is C15H9ClF3I. The molecular weight excluding hydrogens is 400 g/mol. The molecule has 0 amide bonds. The van der Waals surface area contributed by atoms with E-state index in [4.69, 9.17) is 11.6 Å². The van der Waals surface area contributed by atoms with Crippen LogP contribution in [0.2, 0.25) is 0 Å². The SMILES string of the molecule is FC(F)(F)/C(I)=C(/Cl)c1ccc(-c2ccccc2)cc1. The van der Waals surface area contributed by atoms with E-state index in [1.165, 1.54) is 22.6 Å². The zero-order chi connectivity index (χ0) is 14.8. The Balaban J connectivity index is 2.34. The second-order valence-corrected chi connectivity index (χ2v) is 5.53. The van der Waals surface area contributed by atoms with Gasteiger partial charge >= 0.3 is 6.18 Å². The maximum Gasteiger partial charge on any atom is 0.423 e. The van der Waals surface area contributed by atoms with Crippen LogP contribution in [0.4, 0.5) is 13.2 Å². The van der Waals surface area contributed by atoms with Crippen LogP contribution in [0.25, 0.3) is 16.2 Å². The Labute approximate surface area is 133 Å². The molecule has 0 spiro atoms. The van der Waals surface area contributed by atoms with Gasteiger partial charge in [-0.1, -0.05) is 66.2 Å². The third-order valence-corrected chi connectivity index (χ3v) is 4.56. The van der Waals surface area contributed by atoms with E-state index in [2.05, 4.69) is 0 Å². The lowest BCUT2D eigenvalue weighted by atomic mass is 10.0. The normalized spacial score (nSPS) is 13.1. The van der Waals surface area contributed by atoms with Crippen molar-refractivity contribution in [2.24, 2.45) is 0 Å². The number of benzene rings is 2. The largest absolute Gasteiger partial charge is 0.423 e. The summed E-state index contributed by atoms with van der Waals surface area (Å²) in [6.45, 7) is 0. The van der Waals surface area contributed by atoms with Crippen molar-refractivity contribution in [3.8, 4) is 11.1 Å². The number of rotatable bonds is 2. The Morgan fingerprint density at radius 3 is 1.85 bits per heavy atom. The maximum absolute atomic E-state index is 12.6. The van der Waals surface area contributed by atoms with E-state index in [1.54, 1.807) is 24.3 Å². The van der Waals surface area contributed by atoms with Gasteiger partial charge in [-0.25, -0.2) is 0 Å². The molecule has 0 saturated carbocycles. The van der Waals surface area contributed by atoms with Gasteiger partial charge in [-0.15, -0.1) is 0 Å². The smallest absolute Gasteiger partial charge is 0.166 e. The monoisotopic (exact) mass is 408 g/mol. The highest BCUT2D eigenvalue weighted by Gasteiger charge is 2.34. The first-order valence-corrected chi connectivity index (χ1v) is 7.13. The van der Waals surface area contributed by atoms with E-state index >= 15 is 0 Å². The molecule has 0 aromatic heterocycles. The average molecular weight is 409 g/mol.